The van der Waals surface area contributed by atoms with Crippen LogP contribution >= 0.6 is 8.19 Å². The number of rotatable bonds is 7. The molecule has 0 N–H and O–H groups in total. The lowest BCUT2D eigenvalue weighted by molar-refractivity contribution is 0.609. The van der Waals surface area contributed by atoms with E-state index >= 15 is 0 Å². The fraction of sp³-hybridized carbons (Fsp3) is 0.500. The number of aryl methyl sites for hydroxylation is 1. The van der Waals surface area contributed by atoms with Crippen molar-refractivity contribution < 1.29 is 0 Å². The smallest absolute Gasteiger partial charge is 0.0244 e. The first-order valence-electron chi connectivity index (χ1n) is 6.89. The summed E-state index contributed by atoms with van der Waals surface area (Å²) in [6.45, 7) is 2.27. The van der Waals surface area contributed by atoms with Gasteiger partial charge in [-0.1, -0.05) is 75.4 Å². The van der Waals surface area contributed by atoms with Gasteiger partial charge in [0.2, 0.25) is 0 Å². The standard InChI is InChI=1S/C16H25P/c1-2-3-4-5-7-10-13-16-14-11-8-6-9-12-15-17-16/h6,8-9,11-12,14-15,17H,2-5,7,10,13H2,1H3. The summed E-state index contributed by atoms with van der Waals surface area (Å²) in [5.74, 6) is 2.28. The molecule has 0 amide bonds. The maximum atomic E-state index is 2.30. The highest BCUT2D eigenvalue weighted by molar-refractivity contribution is 7.29. The van der Waals surface area contributed by atoms with E-state index in [4.69, 9.17) is 0 Å². The van der Waals surface area contributed by atoms with Gasteiger partial charge in [0.25, 0.3) is 0 Å². The maximum Gasteiger partial charge on any atom is -0.0244 e. The van der Waals surface area contributed by atoms with E-state index in [1.165, 1.54) is 44.9 Å². The number of hydrogen-bond acceptors (Lipinski definition) is 0. The highest BCUT2D eigenvalue weighted by atomic mass is 31.0. The SMILES string of the molecule is CCCCCCCCc1ccccccc[pH]1. The highest BCUT2D eigenvalue weighted by Gasteiger charge is 1.91. The number of unbranched alkanes of at least 4 members (excludes halogenated alkanes) is 5. The fourth-order valence-corrected chi connectivity index (χ4v) is 2.81. The Morgan fingerprint density at radius 3 is 2.41 bits per heavy atom. The minimum atomic E-state index is 0.867. The van der Waals surface area contributed by atoms with E-state index in [0.29, 0.717) is 0 Å². The molecular weight excluding hydrogens is 223 g/mol. The van der Waals surface area contributed by atoms with E-state index < -0.39 is 0 Å². The van der Waals surface area contributed by atoms with Crippen LogP contribution in [0.2, 0.25) is 0 Å². The zero-order valence-electron chi connectivity index (χ0n) is 11.0. The van der Waals surface area contributed by atoms with Crippen LogP contribution in [-0.2, 0) is 6.42 Å². The molecule has 0 spiro atoms. The van der Waals surface area contributed by atoms with Crippen LogP contribution in [-0.4, -0.2) is 0 Å². The van der Waals surface area contributed by atoms with Gasteiger partial charge < -0.3 is 0 Å². The second-order valence-electron chi connectivity index (χ2n) is 4.48. The second-order valence-corrected chi connectivity index (χ2v) is 5.75. The zero-order chi connectivity index (χ0) is 12.2. The molecule has 0 saturated heterocycles. The Hall–Kier alpha value is -0.740. The zero-order valence-corrected chi connectivity index (χ0v) is 12.0. The monoisotopic (exact) mass is 248 g/mol. The van der Waals surface area contributed by atoms with Gasteiger partial charge in [-0.15, -0.1) is 8.19 Å². The molecule has 0 fully saturated rings. The third kappa shape index (κ3) is 8.05. The lowest BCUT2D eigenvalue weighted by atomic mass is 10.1. The predicted molar refractivity (Wildman–Crippen MR) is 80.7 cm³/mol. The fourth-order valence-electron chi connectivity index (χ4n) is 1.87. The van der Waals surface area contributed by atoms with Gasteiger partial charge in [0.1, 0.15) is 0 Å². The Morgan fingerprint density at radius 2 is 1.53 bits per heavy atom. The van der Waals surface area contributed by atoms with Gasteiger partial charge in [0, 0.05) is 0 Å². The summed E-state index contributed by atoms with van der Waals surface area (Å²) in [6.07, 6.45) is 9.61. The summed E-state index contributed by atoms with van der Waals surface area (Å²) in [4.78, 5) is 0. The van der Waals surface area contributed by atoms with Gasteiger partial charge in [-0.05, 0) is 23.9 Å². The molecule has 1 rings (SSSR count). The molecule has 1 atom stereocenters. The minimum absolute atomic E-state index is 0.867. The van der Waals surface area contributed by atoms with E-state index in [9.17, 15) is 0 Å². The van der Waals surface area contributed by atoms with Crippen molar-refractivity contribution in [2.45, 2.75) is 51.9 Å². The summed E-state index contributed by atoms with van der Waals surface area (Å²) in [6, 6.07) is 12.9. The van der Waals surface area contributed by atoms with Crippen LogP contribution in [0.25, 0.3) is 0 Å². The molecule has 1 aromatic rings. The average Bonchev–Trinajstić information content (AvgIpc) is 2.47. The van der Waals surface area contributed by atoms with Gasteiger partial charge in [-0.3, -0.25) is 0 Å². The quantitative estimate of drug-likeness (QED) is 0.539. The topological polar surface area (TPSA) is 0 Å². The summed E-state index contributed by atoms with van der Waals surface area (Å²) in [5, 5.41) is 1.59. The lowest BCUT2D eigenvalue weighted by Crippen LogP contribution is -1.82. The molecule has 1 unspecified atom stereocenters. The minimum Gasteiger partial charge on any atom is -0.137 e. The molecule has 1 heterocycles. The van der Waals surface area contributed by atoms with Crippen molar-refractivity contribution in [3.8, 4) is 0 Å². The van der Waals surface area contributed by atoms with Crippen LogP contribution in [0, 0.1) is 0 Å². The molecule has 17 heavy (non-hydrogen) atoms. The van der Waals surface area contributed by atoms with Crippen molar-refractivity contribution in [3.05, 3.63) is 47.5 Å². The molecule has 0 radical (unpaired) electrons. The van der Waals surface area contributed by atoms with Crippen molar-refractivity contribution >= 4 is 8.19 Å². The van der Waals surface area contributed by atoms with E-state index in [-0.39, 0.29) is 0 Å². The van der Waals surface area contributed by atoms with Crippen LogP contribution in [0.15, 0.2) is 42.2 Å². The van der Waals surface area contributed by atoms with Gasteiger partial charge >= 0.3 is 0 Å². The first-order valence-corrected chi connectivity index (χ1v) is 7.97. The first kappa shape index (κ1) is 14.3. The molecule has 1 aromatic heterocycles. The normalized spacial score (nSPS) is 10.4. The van der Waals surface area contributed by atoms with Gasteiger partial charge in [-0.2, -0.15) is 0 Å². The second kappa shape index (κ2) is 10.4. The van der Waals surface area contributed by atoms with Crippen molar-refractivity contribution in [1.29, 1.82) is 0 Å². The Balaban J connectivity index is 2.29. The molecule has 0 aromatic carbocycles. The molecular formula is C16H25P. The van der Waals surface area contributed by atoms with E-state index in [1.807, 2.05) is 0 Å². The van der Waals surface area contributed by atoms with Crippen molar-refractivity contribution in [2.75, 3.05) is 0 Å². The van der Waals surface area contributed by atoms with Gasteiger partial charge in [0.05, 0.1) is 0 Å². The Kier molecular flexibility index (Phi) is 8.78. The Labute approximate surface area is 108 Å². The van der Waals surface area contributed by atoms with Crippen molar-refractivity contribution in [2.24, 2.45) is 0 Å². The van der Waals surface area contributed by atoms with Crippen LogP contribution in [0.1, 0.15) is 50.7 Å². The van der Waals surface area contributed by atoms with Crippen LogP contribution < -0.4 is 0 Å². The first-order chi connectivity index (χ1) is 8.43. The van der Waals surface area contributed by atoms with Gasteiger partial charge in [-0.25, -0.2) is 0 Å². The third-order valence-corrected chi connectivity index (χ3v) is 4.05. The van der Waals surface area contributed by atoms with Gasteiger partial charge in [0.15, 0.2) is 0 Å². The number of hydrogen-bond donors (Lipinski definition) is 0. The molecule has 94 valence electrons. The summed E-state index contributed by atoms with van der Waals surface area (Å²) in [7, 11) is 0.867. The molecule has 0 aliphatic rings. The molecule has 0 saturated carbocycles. The highest BCUT2D eigenvalue weighted by Crippen LogP contribution is 2.15. The average molecular weight is 248 g/mol. The van der Waals surface area contributed by atoms with Crippen molar-refractivity contribution in [3.63, 3.8) is 0 Å². The molecule has 0 aliphatic carbocycles. The van der Waals surface area contributed by atoms with E-state index in [0.717, 1.165) is 8.19 Å². The van der Waals surface area contributed by atoms with Crippen molar-refractivity contribution in [1.82, 2.24) is 0 Å². The van der Waals surface area contributed by atoms with Crippen LogP contribution in [0.5, 0.6) is 0 Å². The largest absolute Gasteiger partial charge is 0.137 e. The molecule has 0 nitrogen and oxygen atoms in total. The summed E-state index contributed by atoms with van der Waals surface area (Å²) in [5.41, 5.74) is 0. The maximum absolute atomic E-state index is 2.30. The summed E-state index contributed by atoms with van der Waals surface area (Å²) < 4.78 is 0. The molecule has 0 bridgehead atoms. The molecule has 1 heteroatoms. The predicted octanol–water partition coefficient (Wildman–Crippen LogP) is 5.75. The summed E-state index contributed by atoms with van der Waals surface area (Å²) >= 11 is 0. The van der Waals surface area contributed by atoms with E-state index in [2.05, 4.69) is 49.1 Å². The van der Waals surface area contributed by atoms with E-state index in [1.54, 1.807) is 5.30 Å². The molecule has 0 aliphatic heterocycles. The van der Waals surface area contributed by atoms with Crippen LogP contribution in [0.4, 0.5) is 0 Å². The third-order valence-electron chi connectivity index (χ3n) is 2.91. The Morgan fingerprint density at radius 1 is 0.824 bits per heavy atom. The van der Waals surface area contributed by atoms with Crippen LogP contribution in [0.3, 0.4) is 0 Å². The lowest BCUT2D eigenvalue weighted by Gasteiger charge is -2.00. The Bertz CT molecular complexity index is 302.